The Bertz CT molecular complexity index is 569. The van der Waals surface area contributed by atoms with Crippen LogP contribution in [0.3, 0.4) is 0 Å². The van der Waals surface area contributed by atoms with Gasteiger partial charge < -0.3 is 15.0 Å². The molecule has 108 valence electrons. The zero-order valence-electron chi connectivity index (χ0n) is 12.3. The number of anilines is 1. The molecule has 2 N–H and O–H groups in total. The summed E-state index contributed by atoms with van der Waals surface area (Å²) in [5.41, 5.74) is 8.04. The number of pyridine rings is 1. The van der Waals surface area contributed by atoms with Gasteiger partial charge in [0.05, 0.1) is 5.69 Å². The Morgan fingerprint density at radius 1 is 1.35 bits per heavy atom. The zero-order chi connectivity index (χ0) is 13.9. The largest absolute Gasteiger partial charge is 0.358 e. The number of aromatic nitrogens is 2. The van der Waals surface area contributed by atoms with Crippen molar-refractivity contribution < 1.29 is 0 Å². The van der Waals surface area contributed by atoms with Gasteiger partial charge in [0.25, 0.3) is 0 Å². The average molecular weight is 272 g/mol. The first-order valence-corrected chi connectivity index (χ1v) is 7.66. The number of hydrogen-bond acceptors (Lipinski definition) is 3. The van der Waals surface area contributed by atoms with Crippen LogP contribution in [0.1, 0.15) is 31.4 Å². The van der Waals surface area contributed by atoms with Crippen molar-refractivity contribution >= 4 is 11.5 Å². The van der Waals surface area contributed by atoms with Gasteiger partial charge in [-0.2, -0.15) is 0 Å². The molecular weight excluding hydrogens is 248 g/mol. The summed E-state index contributed by atoms with van der Waals surface area (Å²) in [6.07, 6.45) is 8.46. The highest BCUT2D eigenvalue weighted by Gasteiger charge is 2.20. The van der Waals surface area contributed by atoms with Gasteiger partial charge in [0.1, 0.15) is 5.65 Å². The smallest absolute Gasteiger partial charge is 0.150 e. The van der Waals surface area contributed by atoms with E-state index in [2.05, 4.69) is 34.7 Å². The number of nitrogens with two attached hydrogens (primary N) is 1. The summed E-state index contributed by atoms with van der Waals surface area (Å²) in [7, 11) is 2.17. The van der Waals surface area contributed by atoms with E-state index in [1.807, 2.05) is 6.07 Å². The van der Waals surface area contributed by atoms with E-state index in [1.54, 1.807) is 0 Å². The molecule has 0 aliphatic heterocycles. The van der Waals surface area contributed by atoms with Crippen LogP contribution in [0.4, 0.5) is 5.82 Å². The Labute approximate surface area is 120 Å². The van der Waals surface area contributed by atoms with Crippen LogP contribution in [0.5, 0.6) is 0 Å². The molecule has 0 bridgehead atoms. The lowest BCUT2D eigenvalue weighted by Gasteiger charge is -2.22. The summed E-state index contributed by atoms with van der Waals surface area (Å²) in [6.45, 7) is 1.77. The molecule has 4 nitrogen and oxygen atoms in total. The van der Waals surface area contributed by atoms with Gasteiger partial charge in [-0.25, -0.2) is 4.98 Å². The Morgan fingerprint density at radius 2 is 2.15 bits per heavy atom. The molecular formula is C16H24N4. The molecule has 0 amide bonds. The fourth-order valence-electron chi connectivity index (χ4n) is 3.38. The van der Waals surface area contributed by atoms with Gasteiger partial charge in [0.15, 0.2) is 5.82 Å². The van der Waals surface area contributed by atoms with Gasteiger partial charge in [-0.05, 0) is 37.4 Å². The predicted molar refractivity (Wildman–Crippen MR) is 83.2 cm³/mol. The van der Waals surface area contributed by atoms with E-state index in [4.69, 9.17) is 10.7 Å². The van der Waals surface area contributed by atoms with Crippen LogP contribution in [-0.2, 0) is 6.42 Å². The maximum atomic E-state index is 5.78. The summed E-state index contributed by atoms with van der Waals surface area (Å²) in [5.74, 6) is 1.93. The minimum absolute atomic E-state index is 0.660. The fourth-order valence-corrected chi connectivity index (χ4v) is 3.38. The van der Waals surface area contributed by atoms with Crippen molar-refractivity contribution in [1.82, 2.24) is 9.38 Å². The van der Waals surface area contributed by atoms with E-state index in [9.17, 15) is 0 Å². The molecule has 2 heterocycles. The molecule has 3 rings (SSSR count). The molecule has 0 spiro atoms. The minimum Gasteiger partial charge on any atom is -0.358 e. The second kappa shape index (κ2) is 5.83. The molecule has 1 fully saturated rings. The lowest BCUT2D eigenvalue weighted by atomic mass is 10.1. The number of fused-ring (bicyclic) bond motifs is 1. The molecule has 0 aromatic carbocycles. The standard InChI is InChI=1S/C16H24N4/c1-19(12-13-6-2-3-7-13)16-14(9-10-17)20-11-5-4-8-15(20)18-16/h4-5,8,11,13H,2-3,6-7,9-10,12,17H2,1H3. The number of nitrogens with zero attached hydrogens (tertiary/aromatic N) is 3. The van der Waals surface area contributed by atoms with Crippen LogP contribution in [0, 0.1) is 5.92 Å². The fraction of sp³-hybridized carbons (Fsp3) is 0.562. The Hall–Kier alpha value is -1.55. The van der Waals surface area contributed by atoms with Crippen molar-refractivity contribution in [2.45, 2.75) is 32.1 Å². The third-order valence-corrected chi connectivity index (χ3v) is 4.36. The Morgan fingerprint density at radius 3 is 2.90 bits per heavy atom. The molecule has 1 aliphatic rings. The molecule has 0 saturated heterocycles. The van der Waals surface area contributed by atoms with E-state index in [1.165, 1.54) is 31.4 Å². The lowest BCUT2D eigenvalue weighted by Crippen LogP contribution is -2.25. The van der Waals surface area contributed by atoms with Gasteiger partial charge in [-0.3, -0.25) is 0 Å². The predicted octanol–water partition coefficient (Wildman–Crippen LogP) is 2.46. The molecule has 2 aromatic rings. The van der Waals surface area contributed by atoms with Crippen molar-refractivity contribution in [2.75, 3.05) is 25.0 Å². The summed E-state index contributed by atoms with van der Waals surface area (Å²) >= 11 is 0. The summed E-state index contributed by atoms with van der Waals surface area (Å²) in [6, 6.07) is 6.15. The van der Waals surface area contributed by atoms with Crippen molar-refractivity contribution in [2.24, 2.45) is 11.7 Å². The second-order valence-corrected chi connectivity index (χ2v) is 5.88. The van der Waals surface area contributed by atoms with Crippen LogP contribution >= 0.6 is 0 Å². The molecule has 0 atom stereocenters. The van der Waals surface area contributed by atoms with E-state index in [-0.39, 0.29) is 0 Å². The maximum absolute atomic E-state index is 5.78. The normalized spacial score (nSPS) is 16.1. The first kappa shape index (κ1) is 13.4. The number of hydrogen-bond donors (Lipinski definition) is 1. The maximum Gasteiger partial charge on any atom is 0.150 e. The Balaban J connectivity index is 1.90. The van der Waals surface area contributed by atoms with Gasteiger partial charge in [0, 0.05) is 26.2 Å². The van der Waals surface area contributed by atoms with Crippen LogP contribution in [0.25, 0.3) is 5.65 Å². The first-order valence-electron chi connectivity index (χ1n) is 7.66. The second-order valence-electron chi connectivity index (χ2n) is 5.88. The third-order valence-electron chi connectivity index (χ3n) is 4.36. The van der Waals surface area contributed by atoms with Crippen LogP contribution in [0.15, 0.2) is 24.4 Å². The molecule has 0 unspecified atom stereocenters. The SMILES string of the molecule is CN(CC1CCCC1)c1nc2ccccn2c1CCN. The van der Waals surface area contributed by atoms with Crippen LogP contribution in [0.2, 0.25) is 0 Å². The monoisotopic (exact) mass is 272 g/mol. The summed E-state index contributed by atoms with van der Waals surface area (Å²) < 4.78 is 2.17. The van der Waals surface area contributed by atoms with Gasteiger partial charge in [-0.15, -0.1) is 0 Å². The van der Waals surface area contributed by atoms with Gasteiger partial charge in [-0.1, -0.05) is 18.9 Å². The molecule has 0 radical (unpaired) electrons. The summed E-state index contributed by atoms with van der Waals surface area (Å²) in [5, 5.41) is 0. The highest BCUT2D eigenvalue weighted by molar-refractivity contribution is 5.55. The highest BCUT2D eigenvalue weighted by atomic mass is 15.2. The van der Waals surface area contributed by atoms with Gasteiger partial charge >= 0.3 is 0 Å². The van der Waals surface area contributed by atoms with Crippen LogP contribution in [-0.4, -0.2) is 29.5 Å². The van der Waals surface area contributed by atoms with Crippen LogP contribution < -0.4 is 10.6 Å². The molecule has 4 heteroatoms. The van der Waals surface area contributed by atoms with Crippen molar-refractivity contribution in [1.29, 1.82) is 0 Å². The lowest BCUT2D eigenvalue weighted by molar-refractivity contribution is 0.544. The highest BCUT2D eigenvalue weighted by Crippen LogP contribution is 2.28. The average Bonchev–Trinajstić information content (AvgIpc) is 3.07. The van der Waals surface area contributed by atoms with E-state index in [0.717, 1.165) is 30.3 Å². The quantitative estimate of drug-likeness (QED) is 0.909. The Kier molecular flexibility index (Phi) is 3.92. The number of rotatable bonds is 5. The van der Waals surface area contributed by atoms with Crippen molar-refractivity contribution in [3.8, 4) is 0 Å². The van der Waals surface area contributed by atoms with Gasteiger partial charge in [0.2, 0.25) is 0 Å². The molecule has 1 aliphatic carbocycles. The number of imidazole rings is 1. The van der Waals surface area contributed by atoms with Crippen molar-refractivity contribution in [3.63, 3.8) is 0 Å². The molecule has 1 saturated carbocycles. The third kappa shape index (κ3) is 2.52. The topological polar surface area (TPSA) is 46.6 Å². The van der Waals surface area contributed by atoms with E-state index >= 15 is 0 Å². The van der Waals surface area contributed by atoms with Crippen molar-refractivity contribution in [3.05, 3.63) is 30.1 Å². The minimum atomic E-state index is 0.660. The van der Waals surface area contributed by atoms with E-state index < -0.39 is 0 Å². The zero-order valence-corrected chi connectivity index (χ0v) is 12.3. The first-order chi connectivity index (χ1) is 9.79. The van der Waals surface area contributed by atoms with E-state index in [0.29, 0.717) is 6.54 Å². The molecule has 20 heavy (non-hydrogen) atoms. The summed E-state index contributed by atoms with van der Waals surface area (Å²) in [4.78, 5) is 7.13. The molecule has 2 aromatic heterocycles.